The van der Waals surface area contributed by atoms with Crippen LogP contribution in [-0.4, -0.2) is 33.0 Å². The van der Waals surface area contributed by atoms with Crippen molar-refractivity contribution in [3.63, 3.8) is 0 Å². The summed E-state index contributed by atoms with van der Waals surface area (Å²) in [7, 11) is 0. The Morgan fingerprint density at radius 1 is 1.33 bits per heavy atom. The topological polar surface area (TPSA) is 79.3 Å². The van der Waals surface area contributed by atoms with Gasteiger partial charge in [0.1, 0.15) is 0 Å². The SMILES string of the molecule is O=C(O)c1ccc2nc(NC(=O)C3CCCCS3)sc2c1. The minimum Gasteiger partial charge on any atom is -0.478 e. The van der Waals surface area contributed by atoms with E-state index in [1.165, 1.54) is 23.8 Å². The molecule has 3 rings (SSSR count). The van der Waals surface area contributed by atoms with Crippen LogP contribution in [0.3, 0.4) is 0 Å². The Bertz CT molecular complexity index is 693. The largest absolute Gasteiger partial charge is 0.478 e. The molecule has 0 aliphatic carbocycles. The quantitative estimate of drug-likeness (QED) is 0.907. The molecule has 1 aliphatic heterocycles. The van der Waals surface area contributed by atoms with Crippen LogP contribution in [0.5, 0.6) is 0 Å². The van der Waals surface area contributed by atoms with Crippen molar-refractivity contribution in [2.45, 2.75) is 24.5 Å². The normalized spacial score (nSPS) is 18.6. The van der Waals surface area contributed by atoms with Crippen LogP contribution in [0.1, 0.15) is 29.6 Å². The van der Waals surface area contributed by atoms with E-state index in [4.69, 9.17) is 5.11 Å². The molecule has 1 saturated heterocycles. The van der Waals surface area contributed by atoms with Gasteiger partial charge in [0.25, 0.3) is 0 Å². The highest BCUT2D eigenvalue weighted by Crippen LogP contribution is 2.29. The van der Waals surface area contributed by atoms with Gasteiger partial charge >= 0.3 is 5.97 Å². The molecule has 0 saturated carbocycles. The number of carboxylic acids is 1. The maximum atomic E-state index is 12.2. The standard InChI is InChI=1S/C14H14N2O3S2/c17-12(10-3-1-2-6-20-10)16-14-15-9-5-4-8(13(18)19)7-11(9)21-14/h4-5,7,10H,1-3,6H2,(H,18,19)(H,15,16,17). The summed E-state index contributed by atoms with van der Waals surface area (Å²) in [5.74, 6) is 0.0617. The van der Waals surface area contributed by atoms with Crippen LogP contribution in [0.15, 0.2) is 18.2 Å². The third kappa shape index (κ3) is 3.19. The molecule has 1 amide bonds. The zero-order chi connectivity index (χ0) is 14.8. The van der Waals surface area contributed by atoms with Crippen LogP contribution >= 0.6 is 23.1 Å². The number of carbonyl (C=O) groups is 2. The lowest BCUT2D eigenvalue weighted by Crippen LogP contribution is -2.27. The van der Waals surface area contributed by atoms with Crippen LogP contribution < -0.4 is 5.32 Å². The molecule has 2 N–H and O–H groups in total. The van der Waals surface area contributed by atoms with Crippen molar-refractivity contribution in [2.75, 3.05) is 11.1 Å². The lowest BCUT2D eigenvalue weighted by molar-refractivity contribution is -0.115. The van der Waals surface area contributed by atoms with Gasteiger partial charge in [-0.05, 0) is 36.8 Å². The minimum atomic E-state index is -0.963. The van der Waals surface area contributed by atoms with E-state index < -0.39 is 5.97 Å². The summed E-state index contributed by atoms with van der Waals surface area (Å²) >= 11 is 3.00. The molecular formula is C14H14N2O3S2. The molecule has 0 spiro atoms. The van der Waals surface area contributed by atoms with E-state index in [0.29, 0.717) is 10.6 Å². The highest BCUT2D eigenvalue weighted by Gasteiger charge is 2.22. The summed E-state index contributed by atoms with van der Waals surface area (Å²) in [6, 6.07) is 4.77. The average Bonchev–Trinajstić information content (AvgIpc) is 2.89. The fraction of sp³-hybridized carbons (Fsp3) is 0.357. The number of amides is 1. The molecule has 5 nitrogen and oxygen atoms in total. The number of anilines is 1. The number of benzene rings is 1. The number of thiazole rings is 1. The number of aromatic nitrogens is 1. The van der Waals surface area contributed by atoms with Crippen LogP contribution in [0.25, 0.3) is 10.2 Å². The number of nitrogens with one attached hydrogen (secondary N) is 1. The molecule has 2 heterocycles. The lowest BCUT2D eigenvalue weighted by atomic mass is 10.2. The molecular weight excluding hydrogens is 308 g/mol. The van der Waals surface area contributed by atoms with Crippen LogP contribution in [0, 0.1) is 0 Å². The van der Waals surface area contributed by atoms with Gasteiger partial charge in [-0.1, -0.05) is 17.8 Å². The van der Waals surface area contributed by atoms with E-state index in [9.17, 15) is 9.59 Å². The summed E-state index contributed by atoms with van der Waals surface area (Å²) < 4.78 is 0.765. The molecule has 0 radical (unpaired) electrons. The Hall–Kier alpha value is -1.60. The smallest absolute Gasteiger partial charge is 0.335 e. The Morgan fingerprint density at radius 2 is 2.19 bits per heavy atom. The van der Waals surface area contributed by atoms with Gasteiger partial charge in [-0.3, -0.25) is 4.79 Å². The van der Waals surface area contributed by atoms with Gasteiger partial charge in [-0.25, -0.2) is 9.78 Å². The third-order valence-electron chi connectivity index (χ3n) is 3.34. The van der Waals surface area contributed by atoms with E-state index in [-0.39, 0.29) is 16.7 Å². The highest BCUT2D eigenvalue weighted by molar-refractivity contribution is 8.00. The van der Waals surface area contributed by atoms with Crippen molar-refractivity contribution in [3.05, 3.63) is 23.8 Å². The number of hydrogen-bond donors (Lipinski definition) is 2. The number of fused-ring (bicyclic) bond motifs is 1. The van der Waals surface area contributed by atoms with Crippen LogP contribution in [0.4, 0.5) is 5.13 Å². The third-order valence-corrected chi connectivity index (χ3v) is 5.65. The van der Waals surface area contributed by atoms with Crippen LogP contribution in [0.2, 0.25) is 0 Å². The molecule has 1 aliphatic rings. The van der Waals surface area contributed by atoms with Gasteiger partial charge in [0.15, 0.2) is 5.13 Å². The van der Waals surface area contributed by atoms with E-state index >= 15 is 0 Å². The van der Waals surface area contributed by atoms with Crippen LogP contribution in [-0.2, 0) is 4.79 Å². The molecule has 1 atom stereocenters. The van der Waals surface area contributed by atoms with Crippen molar-refractivity contribution in [3.8, 4) is 0 Å². The van der Waals surface area contributed by atoms with E-state index in [1.807, 2.05) is 0 Å². The average molecular weight is 322 g/mol. The van der Waals surface area contributed by atoms with Crippen molar-refractivity contribution < 1.29 is 14.7 Å². The fourth-order valence-corrected chi connectivity index (χ4v) is 4.35. The molecule has 1 aromatic heterocycles. The molecule has 21 heavy (non-hydrogen) atoms. The van der Waals surface area contributed by atoms with Crippen molar-refractivity contribution in [2.24, 2.45) is 0 Å². The fourth-order valence-electron chi connectivity index (χ4n) is 2.24. The number of hydrogen-bond acceptors (Lipinski definition) is 5. The number of carbonyl (C=O) groups excluding carboxylic acids is 1. The Morgan fingerprint density at radius 3 is 2.90 bits per heavy atom. The lowest BCUT2D eigenvalue weighted by Gasteiger charge is -2.19. The number of aromatic carboxylic acids is 1. The summed E-state index contributed by atoms with van der Waals surface area (Å²) in [4.78, 5) is 27.4. The van der Waals surface area contributed by atoms with E-state index in [0.717, 1.165) is 23.3 Å². The monoisotopic (exact) mass is 322 g/mol. The minimum absolute atomic E-state index is 0.000317. The summed E-state index contributed by atoms with van der Waals surface area (Å²) in [6.07, 6.45) is 3.17. The highest BCUT2D eigenvalue weighted by atomic mass is 32.2. The van der Waals surface area contributed by atoms with Gasteiger partial charge in [-0.2, -0.15) is 0 Å². The molecule has 110 valence electrons. The summed E-state index contributed by atoms with van der Waals surface area (Å²) in [6.45, 7) is 0. The predicted molar refractivity (Wildman–Crippen MR) is 85.3 cm³/mol. The molecule has 0 bridgehead atoms. The maximum Gasteiger partial charge on any atom is 0.335 e. The summed E-state index contributed by atoms with van der Waals surface area (Å²) in [5, 5.41) is 12.4. The van der Waals surface area contributed by atoms with Gasteiger partial charge in [0.05, 0.1) is 21.0 Å². The summed E-state index contributed by atoms with van der Waals surface area (Å²) in [5.41, 5.74) is 0.934. The second-order valence-electron chi connectivity index (χ2n) is 4.85. The first-order valence-corrected chi connectivity index (χ1v) is 8.56. The molecule has 7 heteroatoms. The van der Waals surface area contributed by atoms with E-state index in [1.54, 1.807) is 23.9 Å². The second kappa shape index (κ2) is 6.03. The van der Waals surface area contributed by atoms with Gasteiger partial charge < -0.3 is 10.4 Å². The van der Waals surface area contributed by atoms with Gasteiger partial charge in [0.2, 0.25) is 5.91 Å². The number of carboxylic acid groups (broad SMARTS) is 1. The maximum absolute atomic E-state index is 12.2. The first kappa shape index (κ1) is 14.3. The zero-order valence-electron chi connectivity index (χ0n) is 11.2. The van der Waals surface area contributed by atoms with Gasteiger partial charge in [0, 0.05) is 0 Å². The first-order valence-electron chi connectivity index (χ1n) is 6.70. The van der Waals surface area contributed by atoms with E-state index in [2.05, 4.69) is 10.3 Å². The second-order valence-corrected chi connectivity index (χ2v) is 7.19. The number of rotatable bonds is 3. The predicted octanol–water partition coefficient (Wildman–Crippen LogP) is 3.22. The Kier molecular flexibility index (Phi) is 4.12. The van der Waals surface area contributed by atoms with Gasteiger partial charge in [-0.15, -0.1) is 11.8 Å². The Balaban J connectivity index is 1.77. The van der Waals surface area contributed by atoms with Crippen molar-refractivity contribution in [1.82, 2.24) is 4.98 Å². The molecule has 2 aromatic rings. The molecule has 1 unspecified atom stereocenters. The zero-order valence-corrected chi connectivity index (χ0v) is 12.8. The molecule has 1 fully saturated rings. The number of thioether (sulfide) groups is 1. The Labute approximate surface area is 129 Å². The first-order chi connectivity index (χ1) is 10.1. The van der Waals surface area contributed by atoms with Crippen molar-refractivity contribution >= 4 is 50.3 Å². The van der Waals surface area contributed by atoms with Crippen molar-refractivity contribution in [1.29, 1.82) is 0 Å². The number of nitrogens with zero attached hydrogens (tertiary/aromatic N) is 1. The molecule has 1 aromatic carbocycles.